The van der Waals surface area contributed by atoms with Crippen LogP contribution >= 0.6 is 0 Å². The van der Waals surface area contributed by atoms with Crippen LogP contribution in [0, 0.1) is 5.92 Å². The van der Waals surface area contributed by atoms with Crippen molar-refractivity contribution in [2.45, 2.75) is 26.8 Å². The van der Waals surface area contributed by atoms with Crippen LogP contribution in [0.3, 0.4) is 0 Å². The minimum atomic E-state index is -0.108. The summed E-state index contributed by atoms with van der Waals surface area (Å²) in [6.45, 7) is 4.99. The maximum absolute atomic E-state index is 11.8. The number of benzene rings is 2. The molecule has 3 heteroatoms. The Morgan fingerprint density at radius 1 is 1.05 bits per heavy atom. The smallest absolute Gasteiger partial charge is 0.308 e. The summed E-state index contributed by atoms with van der Waals surface area (Å²) in [4.78, 5) is 11.8. The van der Waals surface area contributed by atoms with Crippen LogP contribution in [-0.4, -0.2) is 17.1 Å². The molecule has 114 valence electrons. The Balaban J connectivity index is 1.88. The van der Waals surface area contributed by atoms with Gasteiger partial charge in [-0.05, 0) is 18.6 Å². The topological polar surface area (TPSA) is 31.2 Å². The van der Waals surface area contributed by atoms with E-state index in [0.717, 1.165) is 6.42 Å². The van der Waals surface area contributed by atoms with Crippen molar-refractivity contribution >= 4 is 27.8 Å². The van der Waals surface area contributed by atoms with E-state index in [4.69, 9.17) is 4.74 Å². The number of rotatable bonds is 5. The number of ether oxygens (including phenoxy) is 1. The number of carbonyl (C=O) groups excluding carboxylic acids is 1. The van der Waals surface area contributed by atoms with Gasteiger partial charge in [-0.25, -0.2) is 0 Å². The molecule has 1 heterocycles. The molecule has 0 aliphatic rings. The van der Waals surface area contributed by atoms with Crippen molar-refractivity contribution in [3.05, 3.63) is 48.5 Å². The molecule has 1 atom stereocenters. The Hall–Kier alpha value is -2.29. The minimum Gasteiger partial charge on any atom is -0.464 e. The standard InChI is InChI=1S/C19H21NO2/c1-3-14(2)19(21)22-13-12-20-17-10-6-4-8-15(17)16-9-5-7-11-18(16)20/h4-11,14H,3,12-13H2,1-2H3. The molecule has 0 spiro atoms. The van der Waals surface area contributed by atoms with Gasteiger partial charge >= 0.3 is 5.97 Å². The van der Waals surface area contributed by atoms with Gasteiger partial charge in [-0.2, -0.15) is 0 Å². The van der Waals surface area contributed by atoms with E-state index in [1.807, 2.05) is 26.0 Å². The molecule has 0 aliphatic heterocycles. The zero-order valence-electron chi connectivity index (χ0n) is 13.1. The van der Waals surface area contributed by atoms with E-state index in [1.54, 1.807) is 0 Å². The zero-order chi connectivity index (χ0) is 15.5. The summed E-state index contributed by atoms with van der Waals surface area (Å²) in [5.74, 6) is -0.138. The highest BCUT2D eigenvalue weighted by Crippen LogP contribution is 2.28. The van der Waals surface area contributed by atoms with Crippen molar-refractivity contribution in [2.75, 3.05) is 6.61 Å². The highest BCUT2D eigenvalue weighted by Gasteiger charge is 2.13. The van der Waals surface area contributed by atoms with Crippen molar-refractivity contribution in [2.24, 2.45) is 5.92 Å². The van der Waals surface area contributed by atoms with Crippen molar-refractivity contribution in [3.8, 4) is 0 Å². The van der Waals surface area contributed by atoms with E-state index in [2.05, 4.69) is 41.0 Å². The number of fused-ring (bicyclic) bond motifs is 3. The Kier molecular flexibility index (Phi) is 4.14. The summed E-state index contributed by atoms with van der Waals surface area (Å²) >= 11 is 0. The van der Waals surface area contributed by atoms with Crippen LogP contribution in [0.1, 0.15) is 20.3 Å². The van der Waals surface area contributed by atoms with E-state index in [0.29, 0.717) is 13.2 Å². The van der Waals surface area contributed by atoms with Gasteiger partial charge in [0.25, 0.3) is 0 Å². The van der Waals surface area contributed by atoms with Gasteiger partial charge in [0.05, 0.1) is 12.5 Å². The monoisotopic (exact) mass is 295 g/mol. The number of esters is 1. The average molecular weight is 295 g/mol. The first-order valence-corrected chi connectivity index (χ1v) is 7.85. The molecular weight excluding hydrogens is 274 g/mol. The van der Waals surface area contributed by atoms with Gasteiger partial charge in [0.15, 0.2) is 0 Å². The number of carbonyl (C=O) groups is 1. The maximum atomic E-state index is 11.8. The van der Waals surface area contributed by atoms with E-state index in [9.17, 15) is 4.79 Å². The van der Waals surface area contributed by atoms with E-state index in [1.165, 1.54) is 21.8 Å². The van der Waals surface area contributed by atoms with Gasteiger partial charge in [-0.15, -0.1) is 0 Å². The molecule has 3 nitrogen and oxygen atoms in total. The third-order valence-corrected chi connectivity index (χ3v) is 4.25. The lowest BCUT2D eigenvalue weighted by Crippen LogP contribution is -2.17. The van der Waals surface area contributed by atoms with Crippen LogP contribution in [0.5, 0.6) is 0 Å². The van der Waals surface area contributed by atoms with Crippen molar-refractivity contribution in [3.63, 3.8) is 0 Å². The summed E-state index contributed by atoms with van der Waals surface area (Å²) in [6, 6.07) is 16.7. The molecule has 0 aliphatic carbocycles. The van der Waals surface area contributed by atoms with Gasteiger partial charge in [0.1, 0.15) is 6.61 Å². The fourth-order valence-electron chi connectivity index (χ4n) is 2.79. The first kappa shape index (κ1) is 14.6. The Labute approximate surface area is 130 Å². The van der Waals surface area contributed by atoms with Crippen LogP contribution in [0.15, 0.2) is 48.5 Å². The fraction of sp³-hybridized carbons (Fsp3) is 0.316. The van der Waals surface area contributed by atoms with Gasteiger partial charge in [0.2, 0.25) is 0 Å². The summed E-state index contributed by atoms with van der Waals surface area (Å²) in [5, 5.41) is 2.48. The van der Waals surface area contributed by atoms with Crippen LogP contribution in [0.4, 0.5) is 0 Å². The molecule has 3 aromatic rings. The lowest BCUT2D eigenvalue weighted by molar-refractivity contribution is -0.148. The first-order valence-electron chi connectivity index (χ1n) is 7.85. The molecule has 1 unspecified atom stereocenters. The minimum absolute atomic E-state index is 0.0295. The SMILES string of the molecule is CCC(C)C(=O)OCCn1c2ccccc2c2ccccc21. The Morgan fingerprint density at radius 3 is 2.14 bits per heavy atom. The molecule has 3 rings (SSSR count). The molecule has 0 radical (unpaired) electrons. The molecule has 0 N–H and O–H groups in total. The number of para-hydroxylation sites is 2. The first-order chi connectivity index (χ1) is 10.7. The van der Waals surface area contributed by atoms with Crippen LogP contribution < -0.4 is 0 Å². The summed E-state index contributed by atoms with van der Waals surface area (Å²) in [7, 11) is 0. The molecule has 0 bridgehead atoms. The van der Waals surface area contributed by atoms with Crippen molar-refractivity contribution in [1.29, 1.82) is 0 Å². The highest BCUT2D eigenvalue weighted by molar-refractivity contribution is 6.07. The fourth-order valence-corrected chi connectivity index (χ4v) is 2.79. The van der Waals surface area contributed by atoms with Gasteiger partial charge < -0.3 is 9.30 Å². The molecular formula is C19H21NO2. The highest BCUT2D eigenvalue weighted by atomic mass is 16.5. The van der Waals surface area contributed by atoms with E-state index >= 15 is 0 Å². The second-order valence-electron chi connectivity index (χ2n) is 5.66. The zero-order valence-corrected chi connectivity index (χ0v) is 13.1. The molecule has 0 saturated carbocycles. The van der Waals surface area contributed by atoms with Gasteiger partial charge in [-0.1, -0.05) is 50.2 Å². The average Bonchev–Trinajstić information content (AvgIpc) is 2.88. The number of hydrogen-bond acceptors (Lipinski definition) is 2. The second-order valence-corrected chi connectivity index (χ2v) is 5.66. The molecule has 2 aromatic carbocycles. The lowest BCUT2D eigenvalue weighted by atomic mass is 10.1. The molecule has 0 amide bonds. The normalized spacial score (nSPS) is 12.6. The number of nitrogens with zero attached hydrogens (tertiary/aromatic N) is 1. The van der Waals surface area contributed by atoms with Crippen LogP contribution in [0.2, 0.25) is 0 Å². The quantitative estimate of drug-likeness (QED) is 0.654. The largest absolute Gasteiger partial charge is 0.464 e. The summed E-state index contributed by atoms with van der Waals surface area (Å²) < 4.78 is 7.64. The predicted molar refractivity (Wildman–Crippen MR) is 89.9 cm³/mol. The lowest BCUT2D eigenvalue weighted by Gasteiger charge is -2.11. The second kappa shape index (κ2) is 6.22. The Morgan fingerprint density at radius 2 is 1.59 bits per heavy atom. The van der Waals surface area contributed by atoms with Crippen molar-refractivity contribution in [1.82, 2.24) is 4.57 Å². The third kappa shape index (κ3) is 2.59. The van der Waals surface area contributed by atoms with E-state index in [-0.39, 0.29) is 11.9 Å². The van der Waals surface area contributed by atoms with Crippen LogP contribution in [0.25, 0.3) is 21.8 Å². The molecule has 22 heavy (non-hydrogen) atoms. The van der Waals surface area contributed by atoms with Crippen molar-refractivity contribution < 1.29 is 9.53 Å². The molecule has 1 aromatic heterocycles. The van der Waals surface area contributed by atoms with Crippen LogP contribution in [-0.2, 0) is 16.1 Å². The van der Waals surface area contributed by atoms with Gasteiger partial charge in [0, 0.05) is 21.8 Å². The third-order valence-electron chi connectivity index (χ3n) is 4.25. The number of aromatic nitrogens is 1. The summed E-state index contributed by atoms with van der Waals surface area (Å²) in [5.41, 5.74) is 2.37. The predicted octanol–water partition coefficient (Wildman–Crippen LogP) is 4.38. The Bertz CT molecular complexity index is 750. The number of hydrogen-bond donors (Lipinski definition) is 0. The molecule has 0 saturated heterocycles. The molecule has 0 fully saturated rings. The van der Waals surface area contributed by atoms with E-state index < -0.39 is 0 Å². The maximum Gasteiger partial charge on any atom is 0.308 e. The van der Waals surface area contributed by atoms with Gasteiger partial charge in [-0.3, -0.25) is 4.79 Å². The summed E-state index contributed by atoms with van der Waals surface area (Å²) in [6.07, 6.45) is 0.814.